The predicted molar refractivity (Wildman–Crippen MR) is 87.9 cm³/mol. The van der Waals surface area contributed by atoms with E-state index in [0.717, 1.165) is 6.42 Å². The van der Waals surface area contributed by atoms with Crippen LogP contribution in [0.2, 0.25) is 0 Å². The molecule has 1 aromatic carbocycles. The molecule has 0 aliphatic rings. The third-order valence-electron chi connectivity index (χ3n) is 3.34. The Morgan fingerprint density at radius 3 is 2.74 bits per heavy atom. The quantitative estimate of drug-likeness (QED) is 0.568. The van der Waals surface area contributed by atoms with Gasteiger partial charge in [0.15, 0.2) is 11.5 Å². The van der Waals surface area contributed by atoms with Crippen LogP contribution < -0.4 is 14.8 Å². The van der Waals surface area contributed by atoms with Gasteiger partial charge >= 0.3 is 0 Å². The number of carbonyl (C=O) groups excluding carboxylic acids is 1. The van der Waals surface area contributed by atoms with E-state index in [1.807, 2.05) is 6.92 Å². The van der Waals surface area contributed by atoms with Crippen LogP contribution in [0.1, 0.15) is 30.1 Å². The van der Waals surface area contributed by atoms with Crippen LogP contribution in [0.5, 0.6) is 11.5 Å². The Bertz CT molecular complexity index is 518. The molecule has 0 unspecified atom stereocenters. The molecule has 0 heterocycles. The Morgan fingerprint density at radius 2 is 2.17 bits per heavy atom. The summed E-state index contributed by atoms with van der Waals surface area (Å²) in [7, 11) is 1.49. The smallest absolute Gasteiger partial charge is 0.251 e. The maximum absolute atomic E-state index is 12.3. The topological polar surface area (TPSA) is 88.0 Å². The maximum Gasteiger partial charge on any atom is 0.251 e. The minimum absolute atomic E-state index is 0.329. The van der Waals surface area contributed by atoms with Crippen LogP contribution in [-0.4, -0.2) is 48.6 Å². The number of hydrogen-bond acceptors (Lipinski definition) is 5. The SMILES string of the molecule is C=CCOc1ccc(C(=O)N[C@H](CO)[C@@H](O)CCC)cc1OC. The van der Waals surface area contributed by atoms with Gasteiger partial charge in [-0.25, -0.2) is 0 Å². The summed E-state index contributed by atoms with van der Waals surface area (Å²) in [5.74, 6) is 0.538. The zero-order chi connectivity index (χ0) is 17.2. The van der Waals surface area contributed by atoms with E-state index in [1.165, 1.54) is 7.11 Å². The monoisotopic (exact) mass is 323 g/mol. The van der Waals surface area contributed by atoms with E-state index < -0.39 is 18.1 Å². The fourth-order valence-corrected chi connectivity index (χ4v) is 2.09. The lowest BCUT2D eigenvalue weighted by molar-refractivity contribution is 0.0669. The molecule has 0 bridgehead atoms. The summed E-state index contributed by atoms with van der Waals surface area (Å²) in [5.41, 5.74) is 0.356. The van der Waals surface area contributed by atoms with Gasteiger partial charge in [0.25, 0.3) is 5.91 Å². The number of carbonyl (C=O) groups is 1. The predicted octanol–water partition coefficient (Wildman–Crippen LogP) is 1.51. The molecule has 2 atom stereocenters. The second kappa shape index (κ2) is 9.86. The molecule has 1 amide bonds. The van der Waals surface area contributed by atoms with Gasteiger partial charge in [-0.3, -0.25) is 4.79 Å². The number of ether oxygens (including phenoxy) is 2. The largest absolute Gasteiger partial charge is 0.493 e. The van der Waals surface area contributed by atoms with Gasteiger partial charge in [0.05, 0.1) is 25.9 Å². The molecule has 3 N–H and O–H groups in total. The van der Waals surface area contributed by atoms with Crippen molar-refractivity contribution < 1.29 is 24.5 Å². The fraction of sp³-hybridized carbons (Fsp3) is 0.471. The number of hydrogen-bond donors (Lipinski definition) is 3. The van der Waals surface area contributed by atoms with Crippen LogP contribution in [0.15, 0.2) is 30.9 Å². The summed E-state index contributed by atoms with van der Waals surface area (Å²) in [6, 6.07) is 4.07. The molecule has 1 aromatic rings. The third-order valence-corrected chi connectivity index (χ3v) is 3.34. The zero-order valence-electron chi connectivity index (χ0n) is 13.6. The molecule has 0 saturated heterocycles. The Kier molecular flexibility index (Phi) is 8.15. The van der Waals surface area contributed by atoms with Crippen LogP contribution >= 0.6 is 0 Å². The van der Waals surface area contributed by atoms with Gasteiger partial charge in [0, 0.05) is 5.56 Å². The zero-order valence-corrected chi connectivity index (χ0v) is 13.6. The number of rotatable bonds is 10. The lowest BCUT2D eigenvalue weighted by Crippen LogP contribution is -2.45. The standard InChI is InChI=1S/C17H25NO5/c1-4-6-14(20)13(11-19)18-17(21)12-7-8-15(23-9-5-2)16(10-12)22-3/h5,7-8,10,13-14,19-20H,2,4,6,9,11H2,1,3H3,(H,18,21)/t13-,14+/m1/s1. The second-order valence-electron chi connectivity index (χ2n) is 5.08. The highest BCUT2D eigenvalue weighted by atomic mass is 16.5. The number of aliphatic hydroxyl groups is 2. The van der Waals surface area contributed by atoms with Crippen LogP contribution in [0.4, 0.5) is 0 Å². The molecule has 0 saturated carbocycles. The van der Waals surface area contributed by atoms with Crippen molar-refractivity contribution >= 4 is 5.91 Å². The molecule has 0 fully saturated rings. The van der Waals surface area contributed by atoms with E-state index in [-0.39, 0.29) is 6.61 Å². The van der Waals surface area contributed by atoms with Gasteiger partial charge in [0.2, 0.25) is 0 Å². The number of methoxy groups -OCH3 is 1. The van der Waals surface area contributed by atoms with Gasteiger partial charge in [-0.1, -0.05) is 26.0 Å². The van der Waals surface area contributed by atoms with E-state index in [4.69, 9.17) is 9.47 Å². The van der Waals surface area contributed by atoms with Crippen molar-refractivity contribution in [1.82, 2.24) is 5.32 Å². The number of amides is 1. The Morgan fingerprint density at radius 1 is 1.43 bits per heavy atom. The molecule has 0 aliphatic carbocycles. The van der Waals surface area contributed by atoms with Gasteiger partial charge < -0.3 is 25.0 Å². The molecular weight excluding hydrogens is 298 g/mol. The van der Waals surface area contributed by atoms with E-state index in [0.29, 0.717) is 30.1 Å². The Hall–Kier alpha value is -2.05. The van der Waals surface area contributed by atoms with E-state index in [9.17, 15) is 15.0 Å². The first-order chi connectivity index (χ1) is 11.1. The van der Waals surface area contributed by atoms with Crippen molar-refractivity contribution in [2.24, 2.45) is 0 Å². The summed E-state index contributed by atoms with van der Waals surface area (Å²) in [6.45, 7) is 5.50. The van der Waals surface area contributed by atoms with Crippen molar-refractivity contribution in [1.29, 1.82) is 0 Å². The van der Waals surface area contributed by atoms with Crippen LogP contribution in [0.3, 0.4) is 0 Å². The Labute approximate surface area is 136 Å². The molecule has 0 aromatic heterocycles. The molecule has 6 heteroatoms. The first kappa shape index (κ1) is 19.0. The van der Waals surface area contributed by atoms with Crippen molar-refractivity contribution in [3.8, 4) is 11.5 Å². The third kappa shape index (κ3) is 5.58. The van der Waals surface area contributed by atoms with Crippen molar-refractivity contribution in [3.63, 3.8) is 0 Å². The highest BCUT2D eigenvalue weighted by Crippen LogP contribution is 2.28. The number of nitrogens with one attached hydrogen (secondary N) is 1. The molecule has 23 heavy (non-hydrogen) atoms. The highest BCUT2D eigenvalue weighted by Gasteiger charge is 2.21. The number of benzene rings is 1. The minimum atomic E-state index is -0.786. The molecule has 6 nitrogen and oxygen atoms in total. The molecule has 0 radical (unpaired) electrons. The molecule has 1 rings (SSSR count). The van der Waals surface area contributed by atoms with E-state index in [1.54, 1.807) is 24.3 Å². The van der Waals surface area contributed by atoms with Crippen LogP contribution in [0.25, 0.3) is 0 Å². The van der Waals surface area contributed by atoms with Crippen LogP contribution in [-0.2, 0) is 0 Å². The molecule has 0 aliphatic heterocycles. The normalized spacial score (nSPS) is 13.0. The lowest BCUT2D eigenvalue weighted by Gasteiger charge is -2.22. The maximum atomic E-state index is 12.3. The van der Waals surface area contributed by atoms with Crippen molar-refractivity contribution in [2.75, 3.05) is 20.3 Å². The average molecular weight is 323 g/mol. The van der Waals surface area contributed by atoms with Crippen LogP contribution in [0, 0.1) is 0 Å². The number of aliphatic hydroxyl groups excluding tert-OH is 2. The molecular formula is C17H25NO5. The summed E-state index contributed by atoms with van der Waals surface area (Å²) in [4.78, 5) is 12.3. The summed E-state index contributed by atoms with van der Waals surface area (Å²) >= 11 is 0. The molecule has 0 spiro atoms. The van der Waals surface area contributed by atoms with E-state index >= 15 is 0 Å². The average Bonchev–Trinajstić information content (AvgIpc) is 2.57. The van der Waals surface area contributed by atoms with Gasteiger partial charge in [0.1, 0.15) is 6.61 Å². The Balaban J connectivity index is 2.84. The van der Waals surface area contributed by atoms with Gasteiger partial charge in [-0.15, -0.1) is 0 Å². The van der Waals surface area contributed by atoms with E-state index in [2.05, 4.69) is 11.9 Å². The molecule has 128 valence electrons. The van der Waals surface area contributed by atoms with Gasteiger partial charge in [-0.05, 0) is 24.6 Å². The van der Waals surface area contributed by atoms with Crippen molar-refractivity contribution in [3.05, 3.63) is 36.4 Å². The lowest BCUT2D eigenvalue weighted by atomic mass is 10.1. The first-order valence-corrected chi connectivity index (χ1v) is 7.58. The first-order valence-electron chi connectivity index (χ1n) is 7.58. The fourth-order valence-electron chi connectivity index (χ4n) is 2.09. The van der Waals surface area contributed by atoms with Crippen molar-refractivity contribution in [2.45, 2.75) is 31.9 Å². The van der Waals surface area contributed by atoms with Gasteiger partial charge in [-0.2, -0.15) is 0 Å². The minimum Gasteiger partial charge on any atom is -0.493 e. The summed E-state index contributed by atoms with van der Waals surface area (Å²) < 4.78 is 10.6. The summed E-state index contributed by atoms with van der Waals surface area (Å²) in [5, 5.41) is 21.9. The summed E-state index contributed by atoms with van der Waals surface area (Å²) in [6.07, 6.45) is 2.09. The second-order valence-corrected chi connectivity index (χ2v) is 5.08. The highest BCUT2D eigenvalue weighted by molar-refractivity contribution is 5.95.